The highest BCUT2D eigenvalue weighted by molar-refractivity contribution is 6.00. The van der Waals surface area contributed by atoms with Crippen LogP contribution in [0.1, 0.15) is 54.4 Å². The van der Waals surface area contributed by atoms with Gasteiger partial charge in [-0.05, 0) is 41.1 Å². The Bertz CT molecular complexity index is 1670. The summed E-state index contributed by atoms with van der Waals surface area (Å²) in [4.78, 5) is 35.3. The molecule has 0 fully saturated rings. The van der Waals surface area contributed by atoms with Crippen molar-refractivity contribution in [2.45, 2.75) is 39.3 Å². The Hall–Kier alpha value is -3.95. The third-order valence-corrected chi connectivity index (χ3v) is 7.14. The first kappa shape index (κ1) is 24.7. The van der Waals surface area contributed by atoms with Gasteiger partial charge in [-0.3, -0.25) is 14.6 Å². The molecular weight excluding hydrogens is 488 g/mol. The molecule has 4 heterocycles. The maximum atomic E-state index is 14.5. The number of aromatic nitrogens is 2. The number of amides is 1. The number of alkyl halides is 2. The van der Waals surface area contributed by atoms with Gasteiger partial charge < -0.3 is 14.3 Å². The lowest BCUT2D eigenvalue weighted by Crippen LogP contribution is -2.58. The number of fused-ring (bicyclic) bond motifs is 4. The molecule has 3 aromatic heterocycles. The van der Waals surface area contributed by atoms with E-state index in [1.165, 1.54) is 33.8 Å². The third kappa shape index (κ3) is 3.65. The second kappa shape index (κ2) is 8.29. The van der Waals surface area contributed by atoms with Crippen molar-refractivity contribution < 1.29 is 22.4 Å². The Kier molecular flexibility index (Phi) is 5.54. The van der Waals surface area contributed by atoms with E-state index in [0.29, 0.717) is 16.8 Å². The molecule has 10 heteroatoms. The van der Waals surface area contributed by atoms with Crippen molar-refractivity contribution in [1.82, 2.24) is 14.3 Å². The van der Waals surface area contributed by atoms with Crippen LogP contribution >= 0.6 is 0 Å². The first-order chi connectivity index (χ1) is 17.3. The van der Waals surface area contributed by atoms with Crippen molar-refractivity contribution in [2.75, 3.05) is 7.05 Å². The predicted molar refractivity (Wildman–Crippen MR) is 132 cm³/mol. The van der Waals surface area contributed by atoms with Gasteiger partial charge >= 0.3 is 0 Å². The summed E-state index contributed by atoms with van der Waals surface area (Å²) in [6, 6.07) is 6.23. The van der Waals surface area contributed by atoms with E-state index in [0.717, 1.165) is 12.1 Å². The van der Waals surface area contributed by atoms with E-state index in [1.807, 2.05) is 20.8 Å². The van der Waals surface area contributed by atoms with Gasteiger partial charge in [-0.1, -0.05) is 20.8 Å². The number of carbonyl (C=O) groups excluding carboxylic acids is 1. The van der Waals surface area contributed by atoms with Gasteiger partial charge in [0.25, 0.3) is 17.9 Å². The molecule has 192 valence electrons. The van der Waals surface area contributed by atoms with E-state index < -0.39 is 40.5 Å². The van der Waals surface area contributed by atoms with E-state index >= 15 is 0 Å². The van der Waals surface area contributed by atoms with Crippen LogP contribution < -0.4 is 5.56 Å². The number of nitrogens with one attached hydrogen (secondary N) is 1. The molecule has 1 aromatic carbocycles. The molecule has 0 unspecified atom stereocenters. The van der Waals surface area contributed by atoms with Gasteiger partial charge in [0.1, 0.15) is 5.54 Å². The quantitative estimate of drug-likeness (QED) is 0.364. The summed E-state index contributed by atoms with van der Waals surface area (Å²) in [5.74, 6) is -2.72. The summed E-state index contributed by atoms with van der Waals surface area (Å²) in [7, 11) is 1.57. The monoisotopic (exact) mass is 512 g/mol. The minimum Gasteiger partial charge on any atom is -0.326 e. The van der Waals surface area contributed by atoms with E-state index in [2.05, 4.69) is 9.98 Å². The first-order valence-electron chi connectivity index (χ1n) is 11.6. The van der Waals surface area contributed by atoms with Crippen molar-refractivity contribution >= 4 is 28.4 Å². The van der Waals surface area contributed by atoms with Gasteiger partial charge in [0.05, 0.1) is 17.5 Å². The first-order valence-corrected chi connectivity index (χ1v) is 11.6. The SMILES string of the molecule is CN(C(=O)c1cc2ccc(C(F)F)cn2c1)[C@@]1(C(C)(C)C)C=NCc2[nH]c(=O)c3cc(F)c(F)cc3c21. The topological polar surface area (TPSA) is 69.9 Å². The largest absolute Gasteiger partial charge is 0.326 e. The van der Waals surface area contributed by atoms with Crippen LogP contribution in [-0.2, 0) is 12.1 Å². The Morgan fingerprint density at radius 1 is 1.11 bits per heavy atom. The highest BCUT2D eigenvalue weighted by atomic mass is 19.3. The molecule has 4 aromatic rings. The van der Waals surface area contributed by atoms with Crippen LogP contribution in [0.15, 0.2) is 52.5 Å². The zero-order chi connectivity index (χ0) is 26.9. The lowest BCUT2D eigenvalue weighted by Gasteiger charge is -2.50. The molecule has 1 atom stereocenters. The van der Waals surface area contributed by atoms with Gasteiger partial charge in [0, 0.05) is 48.0 Å². The summed E-state index contributed by atoms with van der Waals surface area (Å²) in [5.41, 5.74) is -1.16. The maximum Gasteiger partial charge on any atom is 0.265 e. The number of aromatic amines is 1. The number of hydrogen-bond acceptors (Lipinski definition) is 3. The second-order valence-corrected chi connectivity index (χ2v) is 10.3. The van der Waals surface area contributed by atoms with Gasteiger partial charge in [-0.2, -0.15) is 0 Å². The summed E-state index contributed by atoms with van der Waals surface area (Å²) in [6.07, 6.45) is 1.69. The molecule has 6 nitrogen and oxygen atoms in total. The molecule has 0 spiro atoms. The van der Waals surface area contributed by atoms with E-state index in [1.54, 1.807) is 19.3 Å². The number of carbonyl (C=O) groups is 1. The lowest BCUT2D eigenvalue weighted by molar-refractivity contribution is 0.0432. The maximum absolute atomic E-state index is 14.5. The Morgan fingerprint density at radius 3 is 2.43 bits per heavy atom. The fourth-order valence-electron chi connectivity index (χ4n) is 5.31. The highest BCUT2D eigenvalue weighted by Crippen LogP contribution is 2.48. The number of aliphatic imine (C=N–C) groups is 1. The fraction of sp³-hybridized carbons (Fsp3) is 0.296. The molecule has 1 amide bonds. The van der Waals surface area contributed by atoms with E-state index in [4.69, 9.17) is 0 Å². The molecule has 1 aliphatic rings. The van der Waals surface area contributed by atoms with Gasteiger partial charge in [0.2, 0.25) is 0 Å². The normalized spacial score (nSPS) is 17.5. The molecule has 0 saturated carbocycles. The van der Waals surface area contributed by atoms with Crippen LogP contribution in [0.4, 0.5) is 17.6 Å². The number of halogens is 4. The molecular formula is C27H24F4N4O2. The zero-order valence-electron chi connectivity index (χ0n) is 20.6. The average molecular weight is 513 g/mol. The van der Waals surface area contributed by atoms with Gasteiger partial charge in [-0.15, -0.1) is 0 Å². The molecule has 1 N–H and O–H groups in total. The van der Waals surface area contributed by atoms with E-state index in [-0.39, 0.29) is 28.4 Å². The predicted octanol–water partition coefficient (Wildman–Crippen LogP) is 5.59. The number of rotatable bonds is 3. The number of benzene rings is 1. The summed E-state index contributed by atoms with van der Waals surface area (Å²) in [5, 5.41) is 0.138. The summed E-state index contributed by atoms with van der Waals surface area (Å²) >= 11 is 0. The smallest absolute Gasteiger partial charge is 0.265 e. The highest BCUT2D eigenvalue weighted by Gasteiger charge is 2.51. The standard InChI is InChI=1S/C27H24F4N4O2/c1-26(2,3)27(34(4)25(37)15-7-16-6-5-14(23(30)31)11-35(16)12-15)13-32-10-21-22(27)17-8-19(28)20(29)9-18(17)24(36)33-21/h5-9,11-13,23H,10H2,1-4H3,(H,33,36)/t27-/m0/s1. The minimum atomic E-state index is -2.66. The number of pyridine rings is 2. The van der Waals surface area contributed by atoms with Gasteiger partial charge in [-0.25, -0.2) is 17.6 Å². The van der Waals surface area contributed by atoms with Crippen molar-refractivity contribution in [3.8, 4) is 0 Å². The lowest BCUT2D eigenvalue weighted by atomic mass is 9.66. The number of hydrogen-bond donors (Lipinski definition) is 1. The van der Waals surface area contributed by atoms with Crippen LogP contribution in [0.25, 0.3) is 16.3 Å². The molecule has 37 heavy (non-hydrogen) atoms. The number of H-pyrrole nitrogens is 1. The van der Waals surface area contributed by atoms with Crippen LogP contribution in [0.5, 0.6) is 0 Å². The van der Waals surface area contributed by atoms with Crippen molar-refractivity contribution in [3.63, 3.8) is 0 Å². The van der Waals surface area contributed by atoms with E-state index in [9.17, 15) is 27.2 Å². The molecule has 5 rings (SSSR count). The van der Waals surface area contributed by atoms with Crippen LogP contribution in [0, 0.1) is 17.0 Å². The van der Waals surface area contributed by atoms with Crippen molar-refractivity contribution in [3.05, 3.63) is 87.1 Å². The molecule has 0 aliphatic carbocycles. The summed E-state index contributed by atoms with van der Waals surface area (Å²) < 4.78 is 56.4. The summed E-state index contributed by atoms with van der Waals surface area (Å²) in [6.45, 7) is 5.71. The zero-order valence-corrected chi connectivity index (χ0v) is 20.6. The molecule has 0 bridgehead atoms. The second-order valence-electron chi connectivity index (χ2n) is 10.3. The Labute approximate surface area is 209 Å². The number of nitrogens with zero attached hydrogens (tertiary/aromatic N) is 3. The van der Waals surface area contributed by atoms with Crippen LogP contribution in [0.3, 0.4) is 0 Å². The Morgan fingerprint density at radius 2 is 1.78 bits per heavy atom. The molecule has 0 saturated heterocycles. The third-order valence-electron chi connectivity index (χ3n) is 7.14. The average Bonchev–Trinajstić information content (AvgIpc) is 3.26. The minimum absolute atomic E-state index is 0.0449. The van der Waals surface area contributed by atoms with Gasteiger partial charge in [0.15, 0.2) is 11.6 Å². The molecule has 0 radical (unpaired) electrons. The van der Waals surface area contributed by atoms with Crippen molar-refractivity contribution in [2.24, 2.45) is 10.4 Å². The molecule has 1 aliphatic heterocycles. The van der Waals surface area contributed by atoms with Crippen LogP contribution in [-0.4, -0.2) is 33.5 Å². The van der Waals surface area contributed by atoms with Crippen molar-refractivity contribution in [1.29, 1.82) is 0 Å². The Balaban J connectivity index is 1.74. The van der Waals surface area contributed by atoms with Crippen LogP contribution in [0.2, 0.25) is 0 Å². The fourth-order valence-corrected chi connectivity index (χ4v) is 5.31.